The topological polar surface area (TPSA) is 56.0 Å². The van der Waals surface area contributed by atoms with Gasteiger partial charge in [0, 0.05) is 42.8 Å². The molecule has 0 aliphatic carbocycles. The van der Waals surface area contributed by atoms with E-state index in [0.717, 1.165) is 48.5 Å². The van der Waals surface area contributed by atoms with Crippen LogP contribution in [0.15, 0.2) is 55.0 Å². The van der Waals surface area contributed by atoms with Crippen LogP contribution >= 0.6 is 0 Å². The minimum absolute atomic E-state index is 0.0732. The third kappa shape index (κ3) is 3.45. The second-order valence-corrected chi connectivity index (χ2v) is 9.10. The van der Waals surface area contributed by atoms with E-state index in [-0.39, 0.29) is 23.6 Å². The molecule has 1 aromatic carbocycles. The molecule has 0 N–H and O–H groups in total. The lowest BCUT2D eigenvalue weighted by Gasteiger charge is -2.45. The summed E-state index contributed by atoms with van der Waals surface area (Å²) in [5.74, 6) is -3.35. The van der Waals surface area contributed by atoms with Gasteiger partial charge in [-0.2, -0.15) is 5.10 Å². The molecule has 1 amide bonds. The zero-order valence-corrected chi connectivity index (χ0v) is 19.0. The van der Waals surface area contributed by atoms with Gasteiger partial charge in [-0.25, -0.2) is 18.2 Å². The average Bonchev–Trinajstić information content (AvgIpc) is 3.50. The van der Waals surface area contributed by atoms with E-state index in [4.69, 9.17) is 0 Å². The molecule has 6 nitrogen and oxygen atoms in total. The molecule has 0 unspecified atom stereocenters. The molecule has 6 rings (SSSR count). The molecule has 2 aliphatic rings. The van der Waals surface area contributed by atoms with E-state index in [2.05, 4.69) is 10.1 Å². The van der Waals surface area contributed by atoms with E-state index in [0.29, 0.717) is 17.7 Å². The number of halogens is 3. The summed E-state index contributed by atoms with van der Waals surface area (Å²) >= 11 is 0. The fourth-order valence-corrected chi connectivity index (χ4v) is 5.50. The van der Waals surface area contributed by atoms with Crippen molar-refractivity contribution in [3.8, 4) is 17.1 Å². The zero-order chi connectivity index (χ0) is 24.3. The third-order valence-electron chi connectivity index (χ3n) is 7.03. The smallest absolute Gasteiger partial charge is 0.256 e. The summed E-state index contributed by atoms with van der Waals surface area (Å²) in [6.07, 6.45) is 8.39. The van der Waals surface area contributed by atoms with Crippen molar-refractivity contribution in [3.63, 3.8) is 0 Å². The van der Waals surface area contributed by atoms with E-state index in [1.54, 1.807) is 24.0 Å². The predicted molar refractivity (Wildman–Crippen MR) is 122 cm³/mol. The van der Waals surface area contributed by atoms with Gasteiger partial charge in [-0.1, -0.05) is 0 Å². The molecule has 0 spiro atoms. The van der Waals surface area contributed by atoms with Crippen molar-refractivity contribution in [3.05, 3.63) is 89.3 Å². The van der Waals surface area contributed by atoms with Crippen molar-refractivity contribution < 1.29 is 18.0 Å². The molecule has 35 heavy (non-hydrogen) atoms. The molecule has 9 heteroatoms. The van der Waals surface area contributed by atoms with Crippen LogP contribution < -0.4 is 0 Å². The highest BCUT2D eigenvalue weighted by Crippen LogP contribution is 2.45. The largest absolute Gasteiger partial charge is 0.327 e. The second kappa shape index (κ2) is 8.11. The van der Waals surface area contributed by atoms with Gasteiger partial charge in [-0.3, -0.25) is 9.48 Å². The molecule has 1 fully saturated rings. The Morgan fingerprint density at radius 2 is 1.80 bits per heavy atom. The van der Waals surface area contributed by atoms with Gasteiger partial charge in [0.05, 0.1) is 23.0 Å². The van der Waals surface area contributed by atoms with Crippen LogP contribution in [0.2, 0.25) is 0 Å². The van der Waals surface area contributed by atoms with Crippen LogP contribution in [0.3, 0.4) is 0 Å². The van der Waals surface area contributed by atoms with Crippen LogP contribution in [0.5, 0.6) is 0 Å². The molecule has 2 bridgehead atoms. The van der Waals surface area contributed by atoms with Crippen LogP contribution in [-0.4, -0.2) is 36.2 Å². The van der Waals surface area contributed by atoms with Gasteiger partial charge in [0.1, 0.15) is 5.82 Å². The third-order valence-corrected chi connectivity index (χ3v) is 7.03. The number of amides is 1. The molecular formula is C26H22F3N5O. The number of hydrogen-bond acceptors (Lipinski definition) is 3. The van der Waals surface area contributed by atoms with Crippen molar-refractivity contribution >= 4 is 5.91 Å². The summed E-state index contributed by atoms with van der Waals surface area (Å²) in [5, 5.41) is 4.67. The maximum Gasteiger partial charge on any atom is 0.256 e. The second-order valence-electron chi connectivity index (χ2n) is 9.10. The van der Waals surface area contributed by atoms with E-state index in [1.165, 1.54) is 0 Å². The summed E-state index contributed by atoms with van der Waals surface area (Å²) in [6, 6.07) is 9.09. The van der Waals surface area contributed by atoms with Gasteiger partial charge in [0.2, 0.25) is 0 Å². The first-order valence-electron chi connectivity index (χ1n) is 11.5. The van der Waals surface area contributed by atoms with Crippen molar-refractivity contribution in [2.45, 2.75) is 37.8 Å². The molecule has 2 aliphatic heterocycles. The number of pyridine rings is 1. The average molecular weight is 477 g/mol. The summed E-state index contributed by atoms with van der Waals surface area (Å²) in [4.78, 5) is 20.0. The molecule has 0 radical (unpaired) electrons. The number of aryl methyl sites for hydroxylation is 1. The maximum absolute atomic E-state index is 14.0. The van der Waals surface area contributed by atoms with Crippen molar-refractivity contribution in [2.75, 3.05) is 0 Å². The van der Waals surface area contributed by atoms with Gasteiger partial charge >= 0.3 is 0 Å². The lowest BCUT2D eigenvalue weighted by atomic mass is 9.81. The lowest BCUT2D eigenvalue weighted by molar-refractivity contribution is 0.0391. The normalized spacial score (nSPS) is 19.0. The lowest BCUT2D eigenvalue weighted by Crippen LogP contribution is -2.49. The Hall–Kier alpha value is -3.88. The Morgan fingerprint density at radius 1 is 1.06 bits per heavy atom. The number of nitrogens with zero attached hydrogens (tertiary/aromatic N) is 5. The van der Waals surface area contributed by atoms with Crippen molar-refractivity contribution in [1.82, 2.24) is 24.2 Å². The molecule has 4 aromatic rings. The summed E-state index contributed by atoms with van der Waals surface area (Å²) in [6.45, 7) is 0. The highest BCUT2D eigenvalue weighted by Gasteiger charge is 2.43. The number of piperidine rings is 1. The quantitative estimate of drug-likeness (QED) is 0.391. The number of carbonyl (C=O) groups excluding carboxylic acids is 1. The van der Waals surface area contributed by atoms with E-state index < -0.39 is 17.5 Å². The first-order valence-corrected chi connectivity index (χ1v) is 11.5. The Kier molecular flexibility index (Phi) is 5.01. The van der Waals surface area contributed by atoms with Gasteiger partial charge in [0.15, 0.2) is 17.5 Å². The van der Waals surface area contributed by atoms with Crippen LogP contribution in [-0.2, 0) is 13.5 Å². The van der Waals surface area contributed by atoms with Gasteiger partial charge in [-0.05, 0) is 62.1 Å². The minimum atomic E-state index is -1.49. The zero-order valence-electron chi connectivity index (χ0n) is 19.0. The summed E-state index contributed by atoms with van der Waals surface area (Å²) < 4.78 is 45.0. The Bertz CT molecular complexity index is 1410. The molecule has 3 aromatic heterocycles. The highest BCUT2D eigenvalue weighted by atomic mass is 19.2. The molecule has 1 saturated heterocycles. The van der Waals surface area contributed by atoms with Crippen LogP contribution in [0, 0.1) is 17.5 Å². The number of fused-ring (bicyclic) bond motifs is 4. The van der Waals surface area contributed by atoms with E-state index >= 15 is 0 Å². The monoisotopic (exact) mass is 477 g/mol. The number of rotatable bonds is 3. The SMILES string of the molecule is Cn1nc2c(c1-c1cc(F)c(F)c(F)c1)C[C@H]1CCC[C@@H]2N1C(=O)c1ccc(-n2cccc2)nc1. The first-order chi connectivity index (χ1) is 16.9. The standard InChI is InChI=1S/C26H22F3N5O/c1-32-25(16-11-19(27)23(29)20(28)12-16)18-13-17-5-4-6-21(24(18)31-32)34(17)26(35)15-7-8-22(30-14-15)33-9-2-3-10-33/h2-3,7-12,14,17,21H,4-6,13H2,1H3/t17-,21+/m1/s1. The Morgan fingerprint density at radius 3 is 2.49 bits per heavy atom. The Labute approximate surface area is 199 Å². The Balaban J connectivity index is 1.37. The van der Waals surface area contributed by atoms with E-state index in [1.807, 2.05) is 40.1 Å². The number of hydrogen-bond donors (Lipinski definition) is 0. The first kappa shape index (κ1) is 21.6. The van der Waals surface area contributed by atoms with Gasteiger partial charge in [0.25, 0.3) is 5.91 Å². The fourth-order valence-electron chi connectivity index (χ4n) is 5.50. The molecular weight excluding hydrogens is 455 g/mol. The summed E-state index contributed by atoms with van der Waals surface area (Å²) in [5.41, 5.74) is 2.88. The van der Waals surface area contributed by atoms with Gasteiger partial charge in [-0.15, -0.1) is 0 Å². The van der Waals surface area contributed by atoms with Crippen molar-refractivity contribution in [2.24, 2.45) is 7.05 Å². The van der Waals surface area contributed by atoms with Crippen LogP contribution in [0.1, 0.15) is 46.9 Å². The molecule has 5 heterocycles. The van der Waals surface area contributed by atoms with E-state index in [9.17, 15) is 18.0 Å². The predicted octanol–water partition coefficient (Wildman–Crippen LogP) is 4.98. The molecule has 2 atom stereocenters. The van der Waals surface area contributed by atoms with Crippen molar-refractivity contribution in [1.29, 1.82) is 0 Å². The van der Waals surface area contributed by atoms with Gasteiger partial charge < -0.3 is 9.47 Å². The minimum Gasteiger partial charge on any atom is -0.327 e. The maximum atomic E-state index is 14.0. The molecule has 0 saturated carbocycles. The van der Waals surface area contributed by atoms with Crippen LogP contribution in [0.4, 0.5) is 13.2 Å². The molecule has 178 valence electrons. The number of benzene rings is 1. The van der Waals surface area contributed by atoms with Crippen LogP contribution in [0.25, 0.3) is 17.1 Å². The number of aromatic nitrogens is 4. The highest BCUT2D eigenvalue weighted by molar-refractivity contribution is 5.95. The number of carbonyl (C=O) groups is 1. The summed E-state index contributed by atoms with van der Waals surface area (Å²) in [7, 11) is 1.70. The fraction of sp³-hybridized carbons (Fsp3) is 0.269.